The lowest BCUT2D eigenvalue weighted by Crippen LogP contribution is -2.33. The molecule has 0 fully saturated rings. The second-order valence-corrected chi connectivity index (χ2v) is 7.34. The maximum absolute atomic E-state index is 13.0. The second-order valence-electron chi connectivity index (χ2n) is 6.35. The van der Waals surface area contributed by atoms with Gasteiger partial charge in [-0.25, -0.2) is 4.98 Å². The maximum Gasteiger partial charge on any atom is 0.228 e. The van der Waals surface area contributed by atoms with E-state index in [1.807, 2.05) is 54.6 Å². The number of fused-ring (bicyclic) bond motifs is 1. The highest BCUT2D eigenvalue weighted by atomic mass is 32.2. The highest BCUT2D eigenvalue weighted by Crippen LogP contribution is 2.24. The van der Waals surface area contributed by atoms with Crippen LogP contribution in [-0.4, -0.2) is 27.9 Å². The molecule has 0 aliphatic rings. The second kappa shape index (κ2) is 8.90. The van der Waals surface area contributed by atoms with Gasteiger partial charge in [0.1, 0.15) is 5.82 Å². The number of amides is 1. The van der Waals surface area contributed by atoms with Crippen LogP contribution in [0.25, 0.3) is 11.0 Å². The van der Waals surface area contributed by atoms with Crippen molar-refractivity contribution in [2.45, 2.75) is 31.7 Å². The molecule has 1 heterocycles. The SMILES string of the molecule is CCC(C(=O)NC(CCSC)c1nc2ccccc2[nH]1)c1ccccc1. The average molecular weight is 368 g/mol. The predicted molar refractivity (Wildman–Crippen MR) is 109 cm³/mol. The third-order valence-corrected chi connectivity index (χ3v) is 5.24. The van der Waals surface area contributed by atoms with Crippen molar-refractivity contribution in [2.24, 2.45) is 0 Å². The van der Waals surface area contributed by atoms with Crippen molar-refractivity contribution in [1.29, 1.82) is 0 Å². The van der Waals surface area contributed by atoms with Gasteiger partial charge in [0.15, 0.2) is 0 Å². The first-order valence-corrected chi connectivity index (χ1v) is 10.4. The van der Waals surface area contributed by atoms with E-state index in [9.17, 15) is 4.79 Å². The standard InChI is InChI=1S/C21H25N3OS/c1-3-16(15-9-5-4-6-10-15)21(25)24-19(13-14-26-2)20-22-17-11-7-8-12-18(17)23-20/h4-12,16,19H,3,13-14H2,1-2H3,(H,22,23)(H,24,25). The molecule has 2 aromatic carbocycles. The average Bonchev–Trinajstić information content (AvgIpc) is 3.10. The summed E-state index contributed by atoms with van der Waals surface area (Å²) in [5.74, 6) is 1.71. The van der Waals surface area contributed by atoms with Crippen molar-refractivity contribution < 1.29 is 4.79 Å². The van der Waals surface area contributed by atoms with E-state index in [2.05, 4.69) is 23.5 Å². The van der Waals surface area contributed by atoms with Crippen molar-refractivity contribution in [2.75, 3.05) is 12.0 Å². The minimum atomic E-state index is -0.141. The van der Waals surface area contributed by atoms with E-state index in [1.54, 1.807) is 11.8 Å². The number of hydrogen-bond donors (Lipinski definition) is 2. The number of carbonyl (C=O) groups excluding carboxylic acids is 1. The van der Waals surface area contributed by atoms with Crippen LogP contribution in [0.2, 0.25) is 0 Å². The van der Waals surface area contributed by atoms with Crippen molar-refractivity contribution in [3.05, 3.63) is 66.0 Å². The fraction of sp³-hybridized carbons (Fsp3) is 0.333. The Morgan fingerprint density at radius 1 is 1.15 bits per heavy atom. The maximum atomic E-state index is 13.0. The highest BCUT2D eigenvalue weighted by molar-refractivity contribution is 7.98. The molecule has 2 atom stereocenters. The van der Waals surface area contributed by atoms with E-state index in [-0.39, 0.29) is 17.9 Å². The lowest BCUT2D eigenvalue weighted by molar-refractivity contribution is -0.123. The molecule has 2 N–H and O–H groups in total. The summed E-state index contributed by atoms with van der Waals surface area (Å²) < 4.78 is 0. The first-order valence-electron chi connectivity index (χ1n) is 9.01. The van der Waals surface area contributed by atoms with E-state index in [1.165, 1.54) is 0 Å². The van der Waals surface area contributed by atoms with E-state index in [0.717, 1.165) is 41.0 Å². The van der Waals surface area contributed by atoms with E-state index in [4.69, 9.17) is 4.98 Å². The number of nitrogens with one attached hydrogen (secondary N) is 2. The molecule has 26 heavy (non-hydrogen) atoms. The zero-order chi connectivity index (χ0) is 18.4. The van der Waals surface area contributed by atoms with Gasteiger partial charge in [-0.1, -0.05) is 49.4 Å². The zero-order valence-corrected chi connectivity index (χ0v) is 16.1. The van der Waals surface area contributed by atoms with Crippen LogP contribution >= 0.6 is 11.8 Å². The Bertz CT molecular complexity index is 814. The largest absolute Gasteiger partial charge is 0.346 e. The summed E-state index contributed by atoms with van der Waals surface area (Å²) in [6.07, 6.45) is 3.69. The number of nitrogens with zero attached hydrogens (tertiary/aromatic N) is 1. The number of benzene rings is 2. The summed E-state index contributed by atoms with van der Waals surface area (Å²) in [6.45, 7) is 2.05. The molecule has 0 aliphatic carbocycles. The number of rotatable bonds is 8. The van der Waals surface area contributed by atoms with Crippen LogP contribution in [0.3, 0.4) is 0 Å². The number of hydrogen-bond acceptors (Lipinski definition) is 3. The first-order chi connectivity index (χ1) is 12.7. The van der Waals surface area contributed by atoms with Crippen LogP contribution in [0.4, 0.5) is 0 Å². The number of thioether (sulfide) groups is 1. The number of carbonyl (C=O) groups is 1. The van der Waals surface area contributed by atoms with E-state index < -0.39 is 0 Å². The van der Waals surface area contributed by atoms with Gasteiger partial charge in [-0.3, -0.25) is 4.79 Å². The molecule has 4 nitrogen and oxygen atoms in total. The van der Waals surface area contributed by atoms with Gasteiger partial charge in [-0.2, -0.15) is 11.8 Å². The van der Waals surface area contributed by atoms with Crippen molar-refractivity contribution in [3.63, 3.8) is 0 Å². The third-order valence-electron chi connectivity index (χ3n) is 4.59. The number of H-pyrrole nitrogens is 1. The smallest absolute Gasteiger partial charge is 0.228 e. The topological polar surface area (TPSA) is 57.8 Å². The Morgan fingerprint density at radius 3 is 2.58 bits per heavy atom. The molecule has 0 saturated heterocycles. The van der Waals surface area contributed by atoms with Crippen LogP contribution in [0.5, 0.6) is 0 Å². The summed E-state index contributed by atoms with van der Waals surface area (Å²) in [7, 11) is 0. The lowest BCUT2D eigenvalue weighted by Gasteiger charge is -2.21. The molecule has 0 spiro atoms. The molecule has 1 amide bonds. The molecule has 3 aromatic rings. The molecule has 0 saturated carbocycles. The Morgan fingerprint density at radius 2 is 1.88 bits per heavy atom. The zero-order valence-electron chi connectivity index (χ0n) is 15.2. The van der Waals surface area contributed by atoms with Crippen molar-refractivity contribution in [1.82, 2.24) is 15.3 Å². The lowest BCUT2D eigenvalue weighted by atomic mass is 9.95. The van der Waals surface area contributed by atoms with Gasteiger partial charge in [-0.05, 0) is 42.5 Å². The van der Waals surface area contributed by atoms with Gasteiger partial charge in [0, 0.05) is 0 Å². The Balaban J connectivity index is 1.82. The summed E-state index contributed by atoms with van der Waals surface area (Å²) in [5, 5.41) is 3.23. The molecule has 2 unspecified atom stereocenters. The van der Waals surface area contributed by atoms with Gasteiger partial charge in [0.05, 0.1) is 23.0 Å². The normalized spacial score (nSPS) is 13.5. The van der Waals surface area contributed by atoms with Crippen molar-refractivity contribution in [3.8, 4) is 0 Å². The number of aromatic nitrogens is 2. The molecular weight excluding hydrogens is 342 g/mol. The summed E-state index contributed by atoms with van der Waals surface area (Å²) in [5.41, 5.74) is 2.99. The van der Waals surface area contributed by atoms with Gasteiger partial charge in [0.2, 0.25) is 5.91 Å². The molecule has 136 valence electrons. The van der Waals surface area contributed by atoms with E-state index in [0.29, 0.717) is 0 Å². The quantitative estimate of drug-likeness (QED) is 0.608. The number of imidazole rings is 1. The fourth-order valence-corrected chi connectivity index (χ4v) is 3.65. The van der Waals surface area contributed by atoms with Crippen LogP contribution < -0.4 is 5.32 Å². The van der Waals surface area contributed by atoms with Gasteiger partial charge < -0.3 is 10.3 Å². The van der Waals surface area contributed by atoms with Crippen LogP contribution in [-0.2, 0) is 4.79 Å². The Kier molecular flexibility index (Phi) is 6.34. The number of para-hydroxylation sites is 2. The third kappa shape index (κ3) is 4.28. The first kappa shape index (κ1) is 18.5. The van der Waals surface area contributed by atoms with E-state index >= 15 is 0 Å². The summed E-state index contributed by atoms with van der Waals surface area (Å²) in [4.78, 5) is 21.0. The monoisotopic (exact) mass is 367 g/mol. The number of aromatic amines is 1. The van der Waals surface area contributed by atoms with Gasteiger partial charge in [-0.15, -0.1) is 0 Å². The minimum absolute atomic E-state index is 0.0604. The van der Waals surface area contributed by atoms with Crippen LogP contribution in [0.15, 0.2) is 54.6 Å². The highest BCUT2D eigenvalue weighted by Gasteiger charge is 2.24. The molecule has 1 aromatic heterocycles. The Hall–Kier alpha value is -2.27. The summed E-state index contributed by atoms with van der Waals surface area (Å²) in [6, 6.07) is 17.8. The predicted octanol–water partition coefficient (Wildman–Crippen LogP) is 4.67. The molecule has 0 bridgehead atoms. The molecule has 0 aliphatic heterocycles. The molecule has 0 radical (unpaired) electrons. The van der Waals surface area contributed by atoms with Crippen LogP contribution in [0, 0.1) is 0 Å². The van der Waals surface area contributed by atoms with Gasteiger partial charge in [0.25, 0.3) is 0 Å². The summed E-state index contributed by atoms with van der Waals surface area (Å²) >= 11 is 1.78. The fourth-order valence-electron chi connectivity index (χ4n) is 3.18. The molecular formula is C21H25N3OS. The molecule has 5 heteroatoms. The van der Waals surface area contributed by atoms with Gasteiger partial charge >= 0.3 is 0 Å². The minimum Gasteiger partial charge on any atom is -0.346 e. The molecule has 3 rings (SSSR count). The van der Waals surface area contributed by atoms with Crippen molar-refractivity contribution >= 4 is 28.7 Å². The Labute approximate surface area is 158 Å². The van der Waals surface area contributed by atoms with Crippen LogP contribution in [0.1, 0.15) is 43.1 Å².